The summed E-state index contributed by atoms with van der Waals surface area (Å²) in [6, 6.07) is 18.0. The molecular formula is C19H16ClN3O2. The molecule has 0 radical (unpaired) electrons. The van der Waals surface area contributed by atoms with Crippen LogP contribution >= 0.6 is 11.6 Å². The number of hydrogen-bond acceptors (Lipinski definition) is 3. The Morgan fingerprint density at radius 2 is 1.92 bits per heavy atom. The van der Waals surface area contributed by atoms with Crippen molar-refractivity contribution in [2.24, 2.45) is 5.10 Å². The van der Waals surface area contributed by atoms with Crippen molar-refractivity contribution in [2.45, 2.75) is 6.92 Å². The van der Waals surface area contributed by atoms with Gasteiger partial charge < -0.3 is 9.73 Å². The summed E-state index contributed by atoms with van der Waals surface area (Å²) < 4.78 is 5.69. The van der Waals surface area contributed by atoms with E-state index in [0.29, 0.717) is 22.2 Å². The zero-order valence-electron chi connectivity index (χ0n) is 13.5. The standard InChI is InChI=1S/C19H16ClN3O2/c1-13-7-8-14(11-17(13)20)18-10-9-16(25-18)12-21-23-19(24)22-15-5-3-2-4-6-15/h2-12H,1H3,(H2,22,23,24). The van der Waals surface area contributed by atoms with Crippen LogP contribution in [0.25, 0.3) is 11.3 Å². The van der Waals surface area contributed by atoms with E-state index in [-0.39, 0.29) is 0 Å². The van der Waals surface area contributed by atoms with Gasteiger partial charge in [0.2, 0.25) is 0 Å². The molecule has 2 amide bonds. The lowest BCUT2D eigenvalue weighted by Crippen LogP contribution is -2.24. The van der Waals surface area contributed by atoms with Gasteiger partial charge in [0.05, 0.1) is 6.21 Å². The van der Waals surface area contributed by atoms with Gasteiger partial charge in [-0.15, -0.1) is 0 Å². The van der Waals surface area contributed by atoms with Crippen LogP contribution in [-0.4, -0.2) is 12.2 Å². The molecule has 0 saturated heterocycles. The molecule has 0 bridgehead atoms. The first-order valence-electron chi connectivity index (χ1n) is 7.63. The van der Waals surface area contributed by atoms with Gasteiger partial charge in [0, 0.05) is 16.3 Å². The molecule has 2 aromatic carbocycles. The molecule has 25 heavy (non-hydrogen) atoms. The van der Waals surface area contributed by atoms with Gasteiger partial charge in [0.15, 0.2) is 0 Å². The molecule has 1 heterocycles. The lowest BCUT2D eigenvalue weighted by atomic mass is 10.1. The number of rotatable bonds is 4. The summed E-state index contributed by atoms with van der Waals surface area (Å²) in [6.45, 7) is 1.94. The molecule has 1 aromatic heterocycles. The zero-order chi connectivity index (χ0) is 17.6. The number of para-hydroxylation sites is 1. The Kier molecular flexibility index (Phi) is 5.16. The highest BCUT2D eigenvalue weighted by Crippen LogP contribution is 2.26. The lowest BCUT2D eigenvalue weighted by molar-refractivity contribution is 0.252. The van der Waals surface area contributed by atoms with Crippen molar-refractivity contribution in [3.63, 3.8) is 0 Å². The van der Waals surface area contributed by atoms with Crippen molar-refractivity contribution in [3.05, 3.63) is 77.0 Å². The topological polar surface area (TPSA) is 66.6 Å². The van der Waals surface area contributed by atoms with Crippen LogP contribution in [0.5, 0.6) is 0 Å². The van der Waals surface area contributed by atoms with Crippen molar-refractivity contribution in [1.82, 2.24) is 5.43 Å². The molecule has 0 unspecified atom stereocenters. The minimum absolute atomic E-state index is 0.431. The van der Waals surface area contributed by atoms with Crippen LogP contribution in [0.4, 0.5) is 10.5 Å². The lowest BCUT2D eigenvalue weighted by Gasteiger charge is -2.02. The third kappa shape index (κ3) is 4.49. The number of halogens is 1. The van der Waals surface area contributed by atoms with E-state index in [1.54, 1.807) is 18.2 Å². The fourth-order valence-corrected chi connectivity index (χ4v) is 2.34. The Morgan fingerprint density at radius 1 is 1.12 bits per heavy atom. The Hall–Kier alpha value is -3.05. The van der Waals surface area contributed by atoms with Gasteiger partial charge in [0.25, 0.3) is 0 Å². The van der Waals surface area contributed by atoms with E-state index >= 15 is 0 Å². The highest BCUT2D eigenvalue weighted by Gasteiger charge is 2.06. The van der Waals surface area contributed by atoms with Gasteiger partial charge in [-0.25, -0.2) is 10.2 Å². The number of anilines is 1. The van der Waals surface area contributed by atoms with E-state index in [2.05, 4.69) is 15.8 Å². The fourth-order valence-electron chi connectivity index (χ4n) is 2.16. The molecule has 126 valence electrons. The molecule has 6 heteroatoms. The number of hydrogen-bond donors (Lipinski definition) is 2. The van der Waals surface area contributed by atoms with E-state index < -0.39 is 6.03 Å². The molecule has 0 spiro atoms. The number of carbonyl (C=O) groups excluding carboxylic acids is 1. The van der Waals surface area contributed by atoms with Crippen LogP contribution in [0.3, 0.4) is 0 Å². The van der Waals surface area contributed by atoms with E-state index in [9.17, 15) is 4.79 Å². The summed E-state index contributed by atoms with van der Waals surface area (Å²) in [5.74, 6) is 1.20. The highest BCUT2D eigenvalue weighted by molar-refractivity contribution is 6.31. The SMILES string of the molecule is Cc1ccc(-c2ccc(C=NNC(=O)Nc3ccccc3)o2)cc1Cl. The minimum atomic E-state index is -0.431. The van der Waals surface area contributed by atoms with E-state index in [1.165, 1.54) is 6.21 Å². The number of furan rings is 1. The van der Waals surface area contributed by atoms with E-state index in [0.717, 1.165) is 11.1 Å². The first kappa shape index (κ1) is 16.8. The second kappa shape index (κ2) is 7.68. The number of carbonyl (C=O) groups is 1. The Morgan fingerprint density at radius 3 is 2.68 bits per heavy atom. The Labute approximate surface area is 150 Å². The molecule has 2 N–H and O–H groups in total. The molecule has 3 aromatic rings. The number of benzene rings is 2. The number of nitrogens with zero attached hydrogens (tertiary/aromatic N) is 1. The summed E-state index contributed by atoms with van der Waals surface area (Å²) >= 11 is 6.13. The third-order valence-corrected chi connectivity index (χ3v) is 3.88. The molecule has 3 rings (SSSR count). The zero-order valence-corrected chi connectivity index (χ0v) is 14.2. The molecule has 0 atom stereocenters. The summed E-state index contributed by atoms with van der Waals surface area (Å²) in [5.41, 5.74) is 4.96. The Balaban J connectivity index is 1.60. The summed E-state index contributed by atoms with van der Waals surface area (Å²) in [4.78, 5) is 11.7. The normalized spacial score (nSPS) is 10.8. The van der Waals surface area contributed by atoms with Crippen LogP contribution in [0, 0.1) is 6.92 Å². The first-order chi connectivity index (χ1) is 12.1. The monoisotopic (exact) mass is 353 g/mol. The number of urea groups is 1. The predicted molar refractivity (Wildman–Crippen MR) is 100 cm³/mol. The first-order valence-corrected chi connectivity index (χ1v) is 8.01. The maximum Gasteiger partial charge on any atom is 0.339 e. The van der Waals surface area contributed by atoms with Crippen LogP contribution in [0.1, 0.15) is 11.3 Å². The van der Waals surface area contributed by atoms with Crippen molar-refractivity contribution in [3.8, 4) is 11.3 Å². The average molecular weight is 354 g/mol. The van der Waals surface area contributed by atoms with Gasteiger partial charge in [-0.3, -0.25) is 0 Å². The van der Waals surface area contributed by atoms with E-state index in [4.69, 9.17) is 16.0 Å². The highest BCUT2D eigenvalue weighted by atomic mass is 35.5. The van der Waals surface area contributed by atoms with Crippen LogP contribution < -0.4 is 10.7 Å². The molecule has 0 aliphatic heterocycles. The Bertz CT molecular complexity index is 904. The molecule has 0 fully saturated rings. The number of hydrazone groups is 1. The summed E-state index contributed by atoms with van der Waals surface area (Å²) in [7, 11) is 0. The minimum Gasteiger partial charge on any atom is -0.455 e. The van der Waals surface area contributed by atoms with Crippen molar-refractivity contribution in [1.29, 1.82) is 0 Å². The van der Waals surface area contributed by atoms with Crippen LogP contribution in [0.15, 0.2) is 70.2 Å². The smallest absolute Gasteiger partial charge is 0.339 e. The maximum absolute atomic E-state index is 11.7. The van der Waals surface area contributed by atoms with Gasteiger partial charge in [-0.2, -0.15) is 5.10 Å². The number of amides is 2. The van der Waals surface area contributed by atoms with E-state index in [1.807, 2.05) is 49.4 Å². The van der Waals surface area contributed by atoms with Gasteiger partial charge in [0.1, 0.15) is 11.5 Å². The average Bonchev–Trinajstić information content (AvgIpc) is 3.07. The van der Waals surface area contributed by atoms with Gasteiger partial charge in [-0.1, -0.05) is 41.9 Å². The van der Waals surface area contributed by atoms with Crippen molar-refractivity contribution >= 4 is 29.5 Å². The molecule has 0 saturated carbocycles. The van der Waals surface area contributed by atoms with Crippen LogP contribution in [-0.2, 0) is 0 Å². The molecule has 0 aliphatic carbocycles. The molecule has 0 aliphatic rings. The molecular weight excluding hydrogens is 338 g/mol. The van der Waals surface area contributed by atoms with Gasteiger partial charge in [-0.05, 0) is 42.8 Å². The fraction of sp³-hybridized carbons (Fsp3) is 0.0526. The van der Waals surface area contributed by atoms with Crippen molar-refractivity contribution in [2.75, 3.05) is 5.32 Å². The van der Waals surface area contributed by atoms with Crippen LogP contribution in [0.2, 0.25) is 5.02 Å². The second-order valence-electron chi connectivity index (χ2n) is 5.36. The predicted octanol–water partition coefficient (Wildman–Crippen LogP) is 5.06. The summed E-state index contributed by atoms with van der Waals surface area (Å²) in [6.07, 6.45) is 1.43. The van der Waals surface area contributed by atoms with Gasteiger partial charge >= 0.3 is 6.03 Å². The summed E-state index contributed by atoms with van der Waals surface area (Å²) in [5, 5.41) is 7.21. The molecule has 5 nitrogen and oxygen atoms in total. The maximum atomic E-state index is 11.7. The number of aryl methyl sites for hydroxylation is 1. The quantitative estimate of drug-likeness (QED) is 0.508. The largest absolute Gasteiger partial charge is 0.455 e. The number of nitrogens with one attached hydrogen (secondary N) is 2. The van der Waals surface area contributed by atoms with Crippen molar-refractivity contribution < 1.29 is 9.21 Å². The second-order valence-corrected chi connectivity index (χ2v) is 5.76. The third-order valence-electron chi connectivity index (χ3n) is 3.47.